The highest BCUT2D eigenvalue weighted by Gasteiger charge is 2.04. The third-order valence-electron chi connectivity index (χ3n) is 1.25. The van der Waals surface area contributed by atoms with E-state index in [4.69, 9.17) is 0 Å². The largest absolute Gasteiger partial charge is 0.412 e. The molecule has 0 aliphatic rings. The van der Waals surface area contributed by atoms with Gasteiger partial charge >= 0.3 is 6.09 Å². The Hall–Kier alpha value is -1.65. The Labute approximate surface area is 73.3 Å². The normalized spacial score (nSPS) is 9.46. The average Bonchev–Trinajstić information content (AvgIpc) is 2.02. The lowest BCUT2D eigenvalue weighted by Gasteiger charge is -2.02. The maximum Gasteiger partial charge on any atom is 0.412 e. The van der Waals surface area contributed by atoms with Crippen LogP contribution in [0.3, 0.4) is 0 Å². The summed E-state index contributed by atoms with van der Waals surface area (Å²) in [5.74, 6) is -1.75. The van der Waals surface area contributed by atoms with E-state index in [2.05, 4.69) is 10.1 Å². The number of benzene rings is 1. The van der Waals surface area contributed by atoms with Crippen molar-refractivity contribution in [1.82, 2.24) is 5.32 Å². The first kappa shape index (κ1) is 9.44. The molecule has 0 fully saturated rings. The summed E-state index contributed by atoms with van der Waals surface area (Å²) in [6, 6.07) is 2.52. The van der Waals surface area contributed by atoms with Crippen molar-refractivity contribution in [3.8, 4) is 5.75 Å². The number of nitrogens with one attached hydrogen (secondary N) is 1. The van der Waals surface area contributed by atoms with Crippen LogP contribution in [0.5, 0.6) is 5.75 Å². The molecule has 3 nitrogen and oxygen atoms in total. The Balaban J connectivity index is 2.83. The molecule has 0 atom stereocenters. The quantitative estimate of drug-likeness (QED) is 0.726. The number of rotatable bonds is 1. The molecule has 70 valence electrons. The number of ether oxygens (including phenoxy) is 1. The first-order chi connectivity index (χ1) is 6.11. The summed E-state index contributed by atoms with van der Waals surface area (Å²) in [5, 5.41) is 2.15. The summed E-state index contributed by atoms with van der Waals surface area (Å²) >= 11 is 0. The van der Waals surface area contributed by atoms with Crippen LogP contribution < -0.4 is 10.1 Å². The molecule has 0 aromatic heterocycles. The Morgan fingerprint density at radius 2 is 1.85 bits per heavy atom. The van der Waals surface area contributed by atoms with E-state index < -0.39 is 17.7 Å². The van der Waals surface area contributed by atoms with E-state index in [9.17, 15) is 13.6 Å². The fraction of sp³-hybridized carbons (Fsp3) is 0.125. The molecule has 0 bridgehead atoms. The Kier molecular flexibility index (Phi) is 2.79. The van der Waals surface area contributed by atoms with Gasteiger partial charge in [-0.15, -0.1) is 0 Å². The molecule has 1 amide bonds. The smallest absolute Gasteiger partial charge is 0.410 e. The highest BCUT2D eigenvalue weighted by molar-refractivity contribution is 5.69. The minimum absolute atomic E-state index is 0.170. The lowest BCUT2D eigenvalue weighted by Crippen LogP contribution is -2.22. The van der Waals surface area contributed by atoms with Crippen molar-refractivity contribution < 1.29 is 18.3 Å². The fourth-order valence-electron chi connectivity index (χ4n) is 0.746. The molecule has 1 rings (SSSR count). The molecule has 13 heavy (non-hydrogen) atoms. The standard InChI is InChI=1S/C8H7F2NO2/c1-11-8(12)13-7-3-5(9)2-6(10)4-7/h2-4H,1H3,(H,11,12). The number of hydrogen-bond donors (Lipinski definition) is 1. The van der Waals surface area contributed by atoms with E-state index in [1.807, 2.05) is 0 Å². The van der Waals surface area contributed by atoms with Crippen LogP contribution in [0.25, 0.3) is 0 Å². The summed E-state index contributed by atoms with van der Waals surface area (Å²) in [7, 11) is 1.35. The molecule has 0 saturated heterocycles. The van der Waals surface area contributed by atoms with Gasteiger partial charge in [-0.3, -0.25) is 0 Å². The lowest BCUT2D eigenvalue weighted by atomic mass is 10.3. The zero-order valence-electron chi connectivity index (χ0n) is 6.80. The highest BCUT2D eigenvalue weighted by Crippen LogP contribution is 2.15. The number of carbonyl (C=O) groups excluding carboxylic acids is 1. The fourth-order valence-corrected chi connectivity index (χ4v) is 0.746. The van der Waals surface area contributed by atoms with E-state index in [0.29, 0.717) is 6.07 Å². The van der Waals surface area contributed by atoms with Gasteiger partial charge in [0.15, 0.2) is 0 Å². The third kappa shape index (κ3) is 2.70. The minimum Gasteiger partial charge on any atom is -0.410 e. The topological polar surface area (TPSA) is 38.3 Å². The van der Waals surface area contributed by atoms with Crippen molar-refractivity contribution in [2.75, 3.05) is 7.05 Å². The third-order valence-corrected chi connectivity index (χ3v) is 1.25. The summed E-state index contributed by atoms with van der Waals surface area (Å²) in [4.78, 5) is 10.6. The van der Waals surface area contributed by atoms with Crippen LogP contribution in [0, 0.1) is 11.6 Å². The second kappa shape index (κ2) is 3.84. The molecule has 0 heterocycles. The van der Waals surface area contributed by atoms with E-state index in [-0.39, 0.29) is 5.75 Å². The maximum absolute atomic E-state index is 12.5. The molecule has 0 unspecified atom stereocenters. The van der Waals surface area contributed by atoms with Crippen LogP contribution in [0.4, 0.5) is 13.6 Å². The first-order valence-corrected chi connectivity index (χ1v) is 3.47. The Morgan fingerprint density at radius 1 is 1.31 bits per heavy atom. The molecule has 1 aromatic carbocycles. The van der Waals surface area contributed by atoms with Gasteiger partial charge in [0.25, 0.3) is 0 Å². The second-order valence-electron chi connectivity index (χ2n) is 2.24. The van der Waals surface area contributed by atoms with Gasteiger partial charge in [0.1, 0.15) is 17.4 Å². The molecule has 5 heteroatoms. The molecule has 1 N–H and O–H groups in total. The maximum atomic E-state index is 12.5. The van der Waals surface area contributed by atoms with Gasteiger partial charge in [-0.25, -0.2) is 13.6 Å². The molecule has 0 aliphatic carbocycles. The number of halogens is 2. The van der Waals surface area contributed by atoms with E-state index in [0.717, 1.165) is 12.1 Å². The summed E-state index contributed by atoms with van der Waals surface area (Å²) in [6.07, 6.45) is -0.773. The van der Waals surface area contributed by atoms with Crippen molar-refractivity contribution in [2.24, 2.45) is 0 Å². The van der Waals surface area contributed by atoms with Crippen LogP contribution in [-0.4, -0.2) is 13.1 Å². The monoisotopic (exact) mass is 187 g/mol. The minimum atomic E-state index is -0.793. The van der Waals surface area contributed by atoms with E-state index in [1.54, 1.807) is 0 Å². The number of amides is 1. The predicted molar refractivity (Wildman–Crippen MR) is 41.4 cm³/mol. The zero-order valence-corrected chi connectivity index (χ0v) is 6.80. The Bertz CT molecular complexity index is 308. The summed E-state index contributed by atoms with van der Waals surface area (Å²) < 4.78 is 29.6. The predicted octanol–water partition coefficient (Wildman–Crippen LogP) is 1.68. The van der Waals surface area contributed by atoms with E-state index in [1.165, 1.54) is 7.05 Å². The summed E-state index contributed by atoms with van der Waals surface area (Å²) in [5.41, 5.74) is 0. The van der Waals surface area contributed by atoms with Gasteiger partial charge < -0.3 is 10.1 Å². The van der Waals surface area contributed by atoms with Gasteiger partial charge in [-0.05, 0) is 0 Å². The number of carbonyl (C=O) groups is 1. The van der Waals surface area contributed by atoms with Crippen LogP contribution in [0.2, 0.25) is 0 Å². The van der Waals surface area contributed by atoms with Crippen molar-refractivity contribution in [3.63, 3.8) is 0 Å². The average molecular weight is 187 g/mol. The molecular formula is C8H7F2NO2. The van der Waals surface area contributed by atoms with Crippen LogP contribution >= 0.6 is 0 Å². The van der Waals surface area contributed by atoms with Crippen molar-refractivity contribution in [1.29, 1.82) is 0 Å². The molecule has 0 saturated carbocycles. The van der Waals surface area contributed by atoms with Crippen LogP contribution in [0.1, 0.15) is 0 Å². The van der Waals surface area contributed by atoms with Gasteiger partial charge in [0.2, 0.25) is 0 Å². The lowest BCUT2D eigenvalue weighted by molar-refractivity contribution is 0.202. The number of hydrogen-bond acceptors (Lipinski definition) is 2. The molecular weight excluding hydrogens is 180 g/mol. The molecule has 0 radical (unpaired) electrons. The van der Waals surface area contributed by atoms with Crippen molar-refractivity contribution in [2.45, 2.75) is 0 Å². The van der Waals surface area contributed by atoms with Gasteiger partial charge in [-0.2, -0.15) is 0 Å². The van der Waals surface area contributed by atoms with Crippen LogP contribution in [-0.2, 0) is 0 Å². The molecule has 0 spiro atoms. The summed E-state index contributed by atoms with van der Waals surface area (Å²) in [6.45, 7) is 0. The first-order valence-electron chi connectivity index (χ1n) is 3.47. The zero-order chi connectivity index (χ0) is 9.84. The van der Waals surface area contributed by atoms with Crippen molar-refractivity contribution >= 4 is 6.09 Å². The van der Waals surface area contributed by atoms with Crippen molar-refractivity contribution in [3.05, 3.63) is 29.8 Å². The molecule has 0 aliphatic heterocycles. The second-order valence-corrected chi connectivity index (χ2v) is 2.24. The van der Waals surface area contributed by atoms with Gasteiger partial charge in [-0.1, -0.05) is 0 Å². The van der Waals surface area contributed by atoms with Crippen LogP contribution in [0.15, 0.2) is 18.2 Å². The van der Waals surface area contributed by atoms with Gasteiger partial charge in [0.05, 0.1) is 0 Å². The highest BCUT2D eigenvalue weighted by atomic mass is 19.1. The SMILES string of the molecule is CNC(=O)Oc1cc(F)cc(F)c1. The Morgan fingerprint density at radius 3 is 2.31 bits per heavy atom. The van der Waals surface area contributed by atoms with E-state index >= 15 is 0 Å². The molecule has 1 aromatic rings. The van der Waals surface area contributed by atoms with Gasteiger partial charge in [0, 0.05) is 25.2 Å².